The Morgan fingerprint density at radius 1 is 1.12 bits per heavy atom. The van der Waals surface area contributed by atoms with Gasteiger partial charge in [-0.25, -0.2) is 9.78 Å². The van der Waals surface area contributed by atoms with Gasteiger partial charge in [0.2, 0.25) is 0 Å². The summed E-state index contributed by atoms with van der Waals surface area (Å²) in [6.45, 7) is 2.03. The molecule has 0 atom stereocenters. The molecule has 2 rings (SSSR count). The van der Waals surface area contributed by atoms with Gasteiger partial charge in [0.15, 0.2) is 0 Å². The number of carbonyl (C=O) groups is 1. The summed E-state index contributed by atoms with van der Waals surface area (Å²) < 4.78 is 4.64. The lowest BCUT2D eigenvalue weighted by molar-refractivity contribution is 0.0594. The summed E-state index contributed by atoms with van der Waals surface area (Å²) in [5, 5.41) is 0. The van der Waals surface area contributed by atoms with Crippen molar-refractivity contribution in [2.24, 2.45) is 0 Å². The van der Waals surface area contributed by atoms with Crippen LogP contribution in [-0.2, 0) is 4.74 Å². The lowest BCUT2D eigenvalue weighted by Crippen LogP contribution is -2.04. The zero-order valence-corrected chi connectivity index (χ0v) is 9.81. The van der Waals surface area contributed by atoms with E-state index in [-0.39, 0.29) is 0 Å². The van der Waals surface area contributed by atoms with Gasteiger partial charge in [-0.15, -0.1) is 0 Å². The number of hydrogen-bond acceptors (Lipinski definition) is 3. The predicted molar refractivity (Wildman–Crippen MR) is 65.7 cm³/mol. The fourth-order valence-electron chi connectivity index (χ4n) is 1.54. The van der Waals surface area contributed by atoms with Crippen LogP contribution in [0.2, 0.25) is 0 Å². The van der Waals surface area contributed by atoms with Crippen molar-refractivity contribution in [2.75, 3.05) is 7.11 Å². The summed E-state index contributed by atoms with van der Waals surface area (Å²) in [5.41, 5.74) is 3.28. The molecule has 1 aromatic heterocycles. The fraction of sp³-hybridized carbons (Fsp3) is 0.143. The fourth-order valence-corrected chi connectivity index (χ4v) is 1.54. The maximum atomic E-state index is 11.4. The van der Waals surface area contributed by atoms with Crippen molar-refractivity contribution in [1.29, 1.82) is 0 Å². The summed E-state index contributed by atoms with van der Waals surface area (Å²) >= 11 is 0. The average molecular weight is 227 g/mol. The Kier molecular flexibility index (Phi) is 3.19. The van der Waals surface area contributed by atoms with Gasteiger partial charge in [-0.05, 0) is 19.1 Å². The van der Waals surface area contributed by atoms with Crippen molar-refractivity contribution in [3.05, 3.63) is 53.7 Å². The zero-order chi connectivity index (χ0) is 12.3. The summed E-state index contributed by atoms with van der Waals surface area (Å²) in [4.78, 5) is 15.6. The predicted octanol–water partition coefficient (Wildman–Crippen LogP) is 2.84. The molecule has 0 aliphatic heterocycles. The molecule has 0 aliphatic carbocycles. The minimum Gasteiger partial charge on any atom is -0.464 e. The largest absolute Gasteiger partial charge is 0.464 e. The minimum absolute atomic E-state index is 0.325. The number of nitrogens with zero attached hydrogens (tertiary/aromatic N) is 1. The number of methoxy groups -OCH3 is 1. The maximum Gasteiger partial charge on any atom is 0.356 e. The van der Waals surface area contributed by atoms with Crippen LogP contribution in [0.5, 0.6) is 0 Å². The van der Waals surface area contributed by atoms with Crippen LogP contribution in [-0.4, -0.2) is 18.1 Å². The van der Waals surface area contributed by atoms with E-state index in [0.717, 1.165) is 11.3 Å². The number of aryl methyl sites for hydroxylation is 1. The van der Waals surface area contributed by atoms with Crippen molar-refractivity contribution in [3.8, 4) is 11.3 Å². The van der Waals surface area contributed by atoms with Gasteiger partial charge in [0.1, 0.15) is 5.69 Å². The van der Waals surface area contributed by atoms with Crippen LogP contribution < -0.4 is 0 Å². The SMILES string of the molecule is COC(=O)c1cccc(-c2ccc(C)cc2)n1. The molecule has 0 unspecified atom stereocenters. The second-order valence-electron chi connectivity index (χ2n) is 3.77. The number of benzene rings is 1. The number of carbonyl (C=O) groups excluding carboxylic acids is 1. The lowest BCUT2D eigenvalue weighted by Gasteiger charge is -2.03. The molecule has 1 aromatic carbocycles. The molecule has 3 heteroatoms. The number of ether oxygens (including phenoxy) is 1. The van der Waals surface area contributed by atoms with Gasteiger partial charge in [0.05, 0.1) is 12.8 Å². The highest BCUT2D eigenvalue weighted by Crippen LogP contribution is 2.17. The minimum atomic E-state index is -0.418. The Labute approximate surface area is 100 Å². The van der Waals surface area contributed by atoms with E-state index in [9.17, 15) is 4.79 Å². The molecule has 0 fully saturated rings. The summed E-state index contributed by atoms with van der Waals surface area (Å²) in [5.74, 6) is -0.418. The van der Waals surface area contributed by atoms with Crippen molar-refractivity contribution in [1.82, 2.24) is 4.98 Å². The van der Waals surface area contributed by atoms with Gasteiger partial charge in [-0.3, -0.25) is 0 Å². The van der Waals surface area contributed by atoms with Crippen LogP contribution in [0.4, 0.5) is 0 Å². The van der Waals surface area contributed by atoms with Gasteiger partial charge in [-0.1, -0.05) is 35.9 Å². The first kappa shape index (κ1) is 11.3. The van der Waals surface area contributed by atoms with Crippen LogP contribution >= 0.6 is 0 Å². The molecule has 1 heterocycles. The second-order valence-corrected chi connectivity index (χ2v) is 3.77. The summed E-state index contributed by atoms with van der Waals surface area (Å²) in [6.07, 6.45) is 0. The number of rotatable bonds is 2. The van der Waals surface area contributed by atoms with Crippen molar-refractivity contribution >= 4 is 5.97 Å². The third-order valence-electron chi connectivity index (χ3n) is 2.49. The van der Waals surface area contributed by atoms with E-state index in [1.807, 2.05) is 37.3 Å². The molecule has 0 saturated carbocycles. The van der Waals surface area contributed by atoms with Crippen LogP contribution in [0, 0.1) is 6.92 Å². The second kappa shape index (κ2) is 4.78. The molecule has 2 aromatic rings. The quantitative estimate of drug-likeness (QED) is 0.740. The van der Waals surface area contributed by atoms with E-state index >= 15 is 0 Å². The first-order chi connectivity index (χ1) is 8.20. The number of hydrogen-bond donors (Lipinski definition) is 0. The number of aromatic nitrogens is 1. The molecule has 17 heavy (non-hydrogen) atoms. The van der Waals surface area contributed by atoms with Gasteiger partial charge in [0.25, 0.3) is 0 Å². The van der Waals surface area contributed by atoms with Crippen LogP contribution in [0.25, 0.3) is 11.3 Å². The number of pyridine rings is 1. The standard InChI is InChI=1S/C14H13NO2/c1-10-6-8-11(9-7-10)12-4-3-5-13(15-12)14(16)17-2/h3-9H,1-2H3. The molecule has 3 nitrogen and oxygen atoms in total. The first-order valence-electron chi connectivity index (χ1n) is 5.33. The molecule has 86 valence electrons. The van der Waals surface area contributed by atoms with E-state index < -0.39 is 5.97 Å². The first-order valence-corrected chi connectivity index (χ1v) is 5.33. The smallest absolute Gasteiger partial charge is 0.356 e. The van der Waals surface area contributed by atoms with Crippen molar-refractivity contribution < 1.29 is 9.53 Å². The monoisotopic (exact) mass is 227 g/mol. The normalized spacial score (nSPS) is 10.0. The topological polar surface area (TPSA) is 39.2 Å². The van der Waals surface area contributed by atoms with Crippen molar-refractivity contribution in [3.63, 3.8) is 0 Å². The Balaban J connectivity index is 2.39. The Morgan fingerprint density at radius 2 is 1.82 bits per heavy atom. The average Bonchev–Trinajstić information content (AvgIpc) is 2.39. The van der Waals surface area contributed by atoms with Gasteiger partial charge >= 0.3 is 5.97 Å². The highest BCUT2D eigenvalue weighted by atomic mass is 16.5. The summed E-state index contributed by atoms with van der Waals surface area (Å²) in [6, 6.07) is 13.3. The van der Waals surface area contributed by atoms with Gasteiger partial charge < -0.3 is 4.74 Å². The Hall–Kier alpha value is -2.16. The Bertz CT molecular complexity index is 532. The molecular formula is C14H13NO2. The van der Waals surface area contributed by atoms with Gasteiger partial charge in [0, 0.05) is 5.56 Å². The summed E-state index contributed by atoms with van der Waals surface area (Å²) in [7, 11) is 1.35. The molecule has 0 amide bonds. The molecule has 0 saturated heterocycles. The molecule has 0 spiro atoms. The number of esters is 1. The van der Waals surface area contributed by atoms with Crippen LogP contribution in [0.3, 0.4) is 0 Å². The van der Waals surface area contributed by atoms with E-state index in [1.165, 1.54) is 12.7 Å². The van der Waals surface area contributed by atoms with E-state index in [4.69, 9.17) is 0 Å². The lowest BCUT2D eigenvalue weighted by atomic mass is 10.1. The highest BCUT2D eigenvalue weighted by Gasteiger charge is 2.08. The molecular weight excluding hydrogens is 214 g/mol. The molecule has 0 N–H and O–H groups in total. The third-order valence-corrected chi connectivity index (χ3v) is 2.49. The molecule has 0 radical (unpaired) electrons. The van der Waals surface area contributed by atoms with Crippen LogP contribution in [0.1, 0.15) is 16.1 Å². The highest BCUT2D eigenvalue weighted by molar-refractivity contribution is 5.87. The van der Waals surface area contributed by atoms with Crippen LogP contribution in [0.15, 0.2) is 42.5 Å². The zero-order valence-electron chi connectivity index (χ0n) is 9.81. The van der Waals surface area contributed by atoms with Crippen molar-refractivity contribution in [2.45, 2.75) is 6.92 Å². The van der Waals surface area contributed by atoms with Gasteiger partial charge in [-0.2, -0.15) is 0 Å². The molecule has 0 bridgehead atoms. The van der Waals surface area contributed by atoms with E-state index in [1.54, 1.807) is 12.1 Å². The Morgan fingerprint density at radius 3 is 2.47 bits per heavy atom. The maximum absolute atomic E-state index is 11.4. The molecule has 0 aliphatic rings. The third kappa shape index (κ3) is 2.50. The van der Waals surface area contributed by atoms with E-state index in [2.05, 4.69) is 9.72 Å². The van der Waals surface area contributed by atoms with E-state index in [0.29, 0.717) is 5.69 Å².